The van der Waals surface area contributed by atoms with Crippen LogP contribution < -0.4 is 10.6 Å². The molecule has 5 heteroatoms. The van der Waals surface area contributed by atoms with Gasteiger partial charge in [0.25, 0.3) is 0 Å². The topological polar surface area (TPSA) is 61.9 Å². The molecule has 0 fully saturated rings. The van der Waals surface area contributed by atoms with Gasteiger partial charge in [-0.25, -0.2) is 4.79 Å². The molecule has 2 amide bonds. The normalized spacial score (nSPS) is 11.0. The molecule has 3 N–H and O–H groups in total. The average molecular weight is 318 g/mol. The summed E-state index contributed by atoms with van der Waals surface area (Å²) in [6.07, 6.45) is 3.85. The van der Waals surface area contributed by atoms with Gasteiger partial charge in [0.05, 0.1) is 5.69 Å². The molecule has 0 radical (unpaired) electrons. The van der Waals surface area contributed by atoms with Crippen molar-refractivity contribution in [2.45, 2.75) is 6.54 Å². The zero-order valence-corrected chi connectivity index (χ0v) is 13.1. The average Bonchev–Trinajstić information content (AvgIpc) is 3.20. The van der Waals surface area contributed by atoms with E-state index in [0.29, 0.717) is 6.54 Å². The third kappa shape index (κ3) is 2.72. The van der Waals surface area contributed by atoms with Gasteiger partial charge in [-0.05, 0) is 23.6 Å². The van der Waals surface area contributed by atoms with E-state index in [-0.39, 0.29) is 6.03 Å². The van der Waals surface area contributed by atoms with E-state index in [0.717, 1.165) is 23.1 Å². The summed E-state index contributed by atoms with van der Waals surface area (Å²) in [7, 11) is 0. The van der Waals surface area contributed by atoms with Gasteiger partial charge in [0.1, 0.15) is 0 Å². The number of carbonyl (C=O) groups excluding carboxylic acids is 1. The third-order valence-corrected chi connectivity index (χ3v) is 4.16. The summed E-state index contributed by atoms with van der Waals surface area (Å²) in [6, 6.07) is 18.0. The van der Waals surface area contributed by atoms with E-state index in [9.17, 15) is 4.79 Å². The van der Waals surface area contributed by atoms with Crippen LogP contribution in [0.15, 0.2) is 67.0 Å². The second-order valence-electron chi connectivity index (χ2n) is 5.70. The summed E-state index contributed by atoms with van der Waals surface area (Å²) in [5.74, 6) is 0. The number of nitrogens with one attached hydrogen (secondary N) is 3. The first-order valence-corrected chi connectivity index (χ1v) is 7.96. The summed E-state index contributed by atoms with van der Waals surface area (Å²) in [5, 5.41) is 8.01. The molecule has 4 rings (SSSR count). The molecule has 0 spiro atoms. The zero-order chi connectivity index (χ0) is 16.4. The van der Waals surface area contributed by atoms with Gasteiger partial charge in [0, 0.05) is 41.9 Å². The number of para-hydroxylation sites is 2. The van der Waals surface area contributed by atoms with Crippen molar-refractivity contribution in [3.63, 3.8) is 0 Å². The number of rotatable bonds is 4. The maximum atomic E-state index is 12.1. The van der Waals surface area contributed by atoms with Crippen molar-refractivity contribution < 1.29 is 4.79 Å². The molecule has 0 saturated carbocycles. The predicted molar refractivity (Wildman–Crippen MR) is 97.3 cm³/mol. The molecule has 5 nitrogen and oxygen atoms in total. The van der Waals surface area contributed by atoms with E-state index < -0.39 is 0 Å². The Labute approximate surface area is 139 Å². The van der Waals surface area contributed by atoms with Crippen molar-refractivity contribution in [2.24, 2.45) is 0 Å². The molecule has 24 heavy (non-hydrogen) atoms. The third-order valence-electron chi connectivity index (χ3n) is 4.16. The van der Waals surface area contributed by atoms with E-state index in [1.807, 2.05) is 48.8 Å². The molecule has 0 aliphatic rings. The number of aromatic nitrogens is 2. The van der Waals surface area contributed by atoms with Crippen molar-refractivity contribution in [3.05, 3.63) is 67.0 Å². The highest BCUT2D eigenvalue weighted by Gasteiger charge is 2.07. The van der Waals surface area contributed by atoms with Crippen molar-refractivity contribution in [1.82, 2.24) is 14.9 Å². The summed E-state index contributed by atoms with van der Waals surface area (Å²) in [6.45, 7) is 1.29. The van der Waals surface area contributed by atoms with Gasteiger partial charge < -0.3 is 20.2 Å². The Morgan fingerprint density at radius 1 is 1.04 bits per heavy atom. The minimum Gasteiger partial charge on any atom is -0.359 e. The number of fused-ring (bicyclic) bond motifs is 2. The van der Waals surface area contributed by atoms with E-state index in [1.165, 1.54) is 10.9 Å². The molecular formula is C19H18N4O. The van der Waals surface area contributed by atoms with E-state index in [2.05, 4.69) is 38.4 Å². The lowest BCUT2D eigenvalue weighted by atomic mass is 10.2. The second kappa shape index (κ2) is 6.12. The van der Waals surface area contributed by atoms with Crippen LogP contribution in [-0.2, 0) is 6.54 Å². The van der Waals surface area contributed by atoms with Crippen molar-refractivity contribution >= 4 is 33.5 Å². The maximum absolute atomic E-state index is 12.1. The molecule has 2 aromatic heterocycles. The van der Waals surface area contributed by atoms with Crippen LogP contribution in [0.3, 0.4) is 0 Å². The number of H-pyrrole nitrogens is 1. The van der Waals surface area contributed by atoms with Crippen LogP contribution in [0.5, 0.6) is 0 Å². The smallest absolute Gasteiger partial charge is 0.319 e. The Hall–Kier alpha value is -3.21. The summed E-state index contributed by atoms with van der Waals surface area (Å²) in [5.41, 5.74) is 2.97. The van der Waals surface area contributed by atoms with Crippen molar-refractivity contribution in [1.29, 1.82) is 0 Å². The Morgan fingerprint density at radius 3 is 2.83 bits per heavy atom. The molecule has 4 aromatic rings. The molecule has 0 bridgehead atoms. The van der Waals surface area contributed by atoms with Gasteiger partial charge in [0.15, 0.2) is 0 Å². The minimum absolute atomic E-state index is 0.198. The number of anilines is 1. The maximum Gasteiger partial charge on any atom is 0.319 e. The molecular weight excluding hydrogens is 300 g/mol. The highest BCUT2D eigenvalue weighted by Crippen LogP contribution is 2.22. The van der Waals surface area contributed by atoms with Crippen LogP contribution in [0, 0.1) is 0 Å². The monoisotopic (exact) mass is 318 g/mol. The van der Waals surface area contributed by atoms with Crippen LogP contribution >= 0.6 is 0 Å². The summed E-state index contributed by atoms with van der Waals surface area (Å²) >= 11 is 0. The fourth-order valence-electron chi connectivity index (χ4n) is 2.97. The number of amides is 2. The summed E-state index contributed by atoms with van der Waals surface area (Å²) < 4.78 is 2.14. The van der Waals surface area contributed by atoms with Gasteiger partial charge in [0.2, 0.25) is 0 Å². The zero-order valence-electron chi connectivity index (χ0n) is 13.1. The molecule has 2 aromatic carbocycles. The largest absolute Gasteiger partial charge is 0.359 e. The molecule has 120 valence electrons. The Bertz CT molecular complexity index is 999. The quantitative estimate of drug-likeness (QED) is 0.524. The number of hydrogen-bond acceptors (Lipinski definition) is 1. The lowest BCUT2D eigenvalue weighted by Gasteiger charge is -2.08. The van der Waals surface area contributed by atoms with Crippen molar-refractivity contribution in [2.75, 3.05) is 11.9 Å². The first kappa shape index (κ1) is 14.4. The molecule has 0 atom stereocenters. The second-order valence-corrected chi connectivity index (χ2v) is 5.70. The van der Waals surface area contributed by atoms with E-state index >= 15 is 0 Å². The lowest BCUT2D eigenvalue weighted by Crippen LogP contribution is -2.31. The summed E-state index contributed by atoms with van der Waals surface area (Å²) in [4.78, 5) is 15.2. The molecule has 0 unspecified atom stereocenters. The van der Waals surface area contributed by atoms with Crippen LogP contribution in [0.1, 0.15) is 0 Å². The highest BCUT2D eigenvalue weighted by atomic mass is 16.2. The number of aromatic amines is 1. The molecule has 0 saturated heterocycles. The molecule has 0 aliphatic carbocycles. The van der Waals surface area contributed by atoms with Gasteiger partial charge in [-0.2, -0.15) is 0 Å². The van der Waals surface area contributed by atoms with Gasteiger partial charge >= 0.3 is 6.03 Å². The Morgan fingerprint density at radius 2 is 1.88 bits per heavy atom. The number of hydrogen-bond donors (Lipinski definition) is 3. The highest BCUT2D eigenvalue weighted by molar-refractivity contribution is 6.00. The fraction of sp³-hybridized carbons (Fsp3) is 0.105. The first-order chi connectivity index (χ1) is 11.8. The van der Waals surface area contributed by atoms with Gasteiger partial charge in [-0.15, -0.1) is 0 Å². The Kier molecular flexibility index (Phi) is 3.67. The number of carbonyl (C=O) groups is 1. The number of urea groups is 1. The molecule has 0 aliphatic heterocycles. The lowest BCUT2D eigenvalue weighted by molar-refractivity contribution is 0.252. The fourth-order valence-corrected chi connectivity index (χ4v) is 2.97. The number of nitrogens with zero attached hydrogens (tertiary/aromatic N) is 1. The first-order valence-electron chi connectivity index (χ1n) is 7.96. The van der Waals surface area contributed by atoms with Crippen molar-refractivity contribution in [3.8, 4) is 0 Å². The standard InChI is InChI=1S/C19H18N4O/c24-19(22-17-13-21-16-7-3-2-6-15(16)17)20-10-12-23-11-9-14-5-1-4-8-18(14)23/h1-9,11,13,21H,10,12H2,(H2,20,22,24). The number of benzene rings is 2. The van der Waals surface area contributed by atoms with E-state index in [4.69, 9.17) is 0 Å². The van der Waals surface area contributed by atoms with Crippen LogP contribution in [-0.4, -0.2) is 22.1 Å². The van der Waals surface area contributed by atoms with Gasteiger partial charge in [-0.1, -0.05) is 36.4 Å². The van der Waals surface area contributed by atoms with Crippen LogP contribution in [0.2, 0.25) is 0 Å². The minimum atomic E-state index is -0.198. The predicted octanol–water partition coefficient (Wildman–Crippen LogP) is 3.94. The van der Waals surface area contributed by atoms with Crippen LogP contribution in [0.25, 0.3) is 21.8 Å². The van der Waals surface area contributed by atoms with Gasteiger partial charge in [-0.3, -0.25) is 0 Å². The van der Waals surface area contributed by atoms with Crippen LogP contribution in [0.4, 0.5) is 10.5 Å². The molecule has 2 heterocycles. The van der Waals surface area contributed by atoms with E-state index in [1.54, 1.807) is 0 Å². The SMILES string of the molecule is O=C(NCCn1ccc2ccccc21)Nc1c[nH]c2ccccc12. The Balaban J connectivity index is 1.37.